The summed E-state index contributed by atoms with van der Waals surface area (Å²) in [5.41, 5.74) is 1.35. The second kappa shape index (κ2) is 6.96. The number of rotatable bonds is 3. The summed E-state index contributed by atoms with van der Waals surface area (Å²) in [6.45, 7) is 3.64. The van der Waals surface area contributed by atoms with Gasteiger partial charge in [-0.2, -0.15) is 0 Å². The molecule has 2 aromatic heterocycles. The Morgan fingerprint density at radius 3 is 2.43 bits per heavy atom. The monoisotopic (exact) mass is 411 g/mol. The van der Waals surface area contributed by atoms with Crippen LogP contribution in [0.4, 0.5) is 5.69 Å². The highest BCUT2D eigenvalue weighted by molar-refractivity contribution is 8.27. The molecule has 3 heterocycles. The van der Waals surface area contributed by atoms with Crippen molar-refractivity contribution < 1.29 is 9.21 Å². The fourth-order valence-electron chi connectivity index (χ4n) is 3.13. The lowest BCUT2D eigenvalue weighted by molar-refractivity contribution is -0.113. The van der Waals surface area contributed by atoms with E-state index >= 15 is 0 Å². The molecule has 0 radical (unpaired) electrons. The lowest BCUT2D eigenvalue weighted by Gasteiger charge is -2.12. The SMILES string of the molecule is Cc1ccc(/C=C2\SC(=S)N(c3c(C)n(C)n(-c4ccccc4)c3=O)C2=O)o1. The van der Waals surface area contributed by atoms with Crippen LogP contribution in [0, 0.1) is 13.8 Å². The van der Waals surface area contributed by atoms with Gasteiger partial charge in [-0.05, 0) is 38.1 Å². The van der Waals surface area contributed by atoms with E-state index in [-0.39, 0.29) is 17.2 Å². The zero-order valence-electron chi connectivity index (χ0n) is 15.5. The van der Waals surface area contributed by atoms with Crippen molar-refractivity contribution in [3.05, 3.63) is 74.9 Å². The number of furan rings is 1. The molecule has 1 aliphatic heterocycles. The number of aryl methyl sites for hydroxylation is 1. The molecule has 0 saturated carbocycles. The average molecular weight is 412 g/mol. The van der Waals surface area contributed by atoms with Gasteiger partial charge in [0.1, 0.15) is 17.2 Å². The van der Waals surface area contributed by atoms with Gasteiger partial charge in [0.2, 0.25) is 0 Å². The van der Waals surface area contributed by atoms with Gasteiger partial charge < -0.3 is 4.42 Å². The fourth-order valence-corrected chi connectivity index (χ4v) is 4.38. The molecule has 0 unspecified atom stereocenters. The summed E-state index contributed by atoms with van der Waals surface area (Å²) in [6, 6.07) is 12.9. The lowest BCUT2D eigenvalue weighted by atomic mass is 10.3. The molecule has 1 aliphatic rings. The van der Waals surface area contributed by atoms with Gasteiger partial charge in [0.05, 0.1) is 16.3 Å². The van der Waals surface area contributed by atoms with Crippen molar-refractivity contribution in [3.63, 3.8) is 0 Å². The number of para-hydroxylation sites is 1. The molecule has 1 aromatic carbocycles. The van der Waals surface area contributed by atoms with E-state index in [0.717, 1.165) is 23.2 Å². The molecule has 0 spiro atoms. The Bertz CT molecular complexity index is 1190. The number of thiocarbonyl (C=S) groups is 1. The molecule has 0 atom stereocenters. The first-order chi connectivity index (χ1) is 13.4. The minimum absolute atomic E-state index is 0.271. The van der Waals surface area contributed by atoms with Gasteiger partial charge in [0.15, 0.2) is 4.32 Å². The number of carbonyl (C=O) groups is 1. The second-order valence-electron chi connectivity index (χ2n) is 6.38. The maximum absolute atomic E-state index is 13.2. The fraction of sp³-hybridized carbons (Fsp3) is 0.150. The number of carbonyl (C=O) groups excluding carboxylic acids is 1. The number of hydrogen-bond acceptors (Lipinski definition) is 5. The van der Waals surface area contributed by atoms with E-state index in [0.29, 0.717) is 20.7 Å². The molecule has 1 amide bonds. The normalized spacial score (nSPS) is 15.8. The van der Waals surface area contributed by atoms with Crippen LogP contribution in [0.3, 0.4) is 0 Å². The predicted molar refractivity (Wildman–Crippen MR) is 115 cm³/mol. The average Bonchev–Trinajstić information content (AvgIpc) is 3.26. The maximum Gasteiger partial charge on any atom is 0.296 e. The van der Waals surface area contributed by atoms with Crippen LogP contribution in [0.1, 0.15) is 17.2 Å². The highest BCUT2D eigenvalue weighted by Gasteiger charge is 2.37. The topological polar surface area (TPSA) is 60.4 Å². The molecule has 1 saturated heterocycles. The summed E-state index contributed by atoms with van der Waals surface area (Å²) in [5, 5.41) is 0. The molecule has 3 aromatic rings. The molecule has 4 rings (SSSR count). The minimum atomic E-state index is -0.324. The maximum atomic E-state index is 13.2. The van der Waals surface area contributed by atoms with Crippen LogP contribution in [0.25, 0.3) is 11.8 Å². The third-order valence-corrected chi connectivity index (χ3v) is 5.88. The number of benzene rings is 1. The Hall–Kier alpha value is -2.84. The third-order valence-electron chi connectivity index (χ3n) is 4.58. The molecule has 6 nitrogen and oxygen atoms in total. The quantitative estimate of drug-likeness (QED) is 0.485. The molecule has 28 heavy (non-hydrogen) atoms. The lowest BCUT2D eigenvalue weighted by Crippen LogP contribution is -2.33. The molecule has 142 valence electrons. The van der Waals surface area contributed by atoms with Gasteiger partial charge in [0, 0.05) is 13.1 Å². The van der Waals surface area contributed by atoms with E-state index in [1.54, 1.807) is 30.8 Å². The first kappa shape index (κ1) is 18.5. The van der Waals surface area contributed by atoms with E-state index < -0.39 is 0 Å². The number of thioether (sulfide) groups is 1. The number of nitrogens with zero attached hydrogens (tertiary/aromatic N) is 3. The number of anilines is 1. The molecule has 8 heteroatoms. The van der Waals surface area contributed by atoms with Gasteiger partial charge >= 0.3 is 0 Å². The Labute approximate surface area is 171 Å². The summed E-state index contributed by atoms with van der Waals surface area (Å²) in [5.74, 6) is 1.01. The Morgan fingerprint density at radius 2 is 1.79 bits per heavy atom. The van der Waals surface area contributed by atoms with Crippen molar-refractivity contribution in [1.82, 2.24) is 9.36 Å². The van der Waals surface area contributed by atoms with E-state index in [9.17, 15) is 9.59 Å². The van der Waals surface area contributed by atoms with Crippen LogP contribution in [0.5, 0.6) is 0 Å². The summed E-state index contributed by atoms with van der Waals surface area (Å²) in [4.78, 5) is 28.0. The van der Waals surface area contributed by atoms with Gasteiger partial charge in [-0.15, -0.1) is 0 Å². The standard InChI is InChI=1S/C20H17N3O3S2/c1-12-9-10-15(26-12)11-16-18(24)22(20(27)28-16)17-13(2)21(3)23(19(17)25)14-7-5-4-6-8-14/h4-11H,1-3H3/b16-11-. The predicted octanol–water partition coefficient (Wildman–Crippen LogP) is 3.79. The van der Waals surface area contributed by atoms with Crippen molar-refractivity contribution in [2.75, 3.05) is 4.90 Å². The smallest absolute Gasteiger partial charge is 0.296 e. The first-order valence-electron chi connectivity index (χ1n) is 8.57. The highest BCUT2D eigenvalue weighted by Crippen LogP contribution is 2.36. The highest BCUT2D eigenvalue weighted by atomic mass is 32.2. The van der Waals surface area contributed by atoms with Crippen molar-refractivity contribution >= 4 is 46.0 Å². The van der Waals surface area contributed by atoms with Gasteiger partial charge in [0.25, 0.3) is 11.5 Å². The van der Waals surface area contributed by atoms with Crippen molar-refractivity contribution in [3.8, 4) is 5.69 Å². The van der Waals surface area contributed by atoms with Crippen LogP contribution >= 0.6 is 24.0 Å². The zero-order valence-corrected chi connectivity index (χ0v) is 17.1. The summed E-state index contributed by atoms with van der Waals surface area (Å²) < 4.78 is 9.11. The number of hydrogen-bond donors (Lipinski definition) is 0. The summed E-state index contributed by atoms with van der Waals surface area (Å²) in [6.07, 6.45) is 1.65. The van der Waals surface area contributed by atoms with Crippen LogP contribution in [-0.2, 0) is 11.8 Å². The minimum Gasteiger partial charge on any atom is -0.462 e. The third kappa shape index (κ3) is 2.94. The molecular weight excluding hydrogens is 394 g/mol. The first-order valence-corrected chi connectivity index (χ1v) is 9.79. The summed E-state index contributed by atoms with van der Waals surface area (Å²) >= 11 is 6.59. The van der Waals surface area contributed by atoms with E-state index in [1.165, 1.54) is 9.58 Å². The second-order valence-corrected chi connectivity index (χ2v) is 8.05. The number of amides is 1. The van der Waals surface area contributed by atoms with Gasteiger partial charge in [-0.3, -0.25) is 19.2 Å². The summed E-state index contributed by atoms with van der Waals surface area (Å²) in [7, 11) is 1.78. The van der Waals surface area contributed by atoms with Crippen LogP contribution < -0.4 is 10.5 Å². The van der Waals surface area contributed by atoms with Crippen LogP contribution in [0.2, 0.25) is 0 Å². The van der Waals surface area contributed by atoms with E-state index in [2.05, 4.69) is 0 Å². The van der Waals surface area contributed by atoms with E-state index in [4.69, 9.17) is 16.6 Å². The molecule has 0 bridgehead atoms. The van der Waals surface area contributed by atoms with Gasteiger partial charge in [-0.25, -0.2) is 4.68 Å². The number of aromatic nitrogens is 2. The zero-order chi connectivity index (χ0) is 20.0. The van der Waals surface area contributed by atoms with Crippen molar-refractivity contribution in [2.24, 2.45) is 7.05 Å². The van der Waals surface area contributed by atoms with Crippen LogP contribution in [0.15, 0.2) is 56.6 Å². The van der Waals surface area contributed by atoms with Crippen LogP contribution in [-0.4, -0.2) is 19.6 Å². The molecular formula is C20H17N3O3S2. The Morgan fingerprint density at radius 1 is 1.07 bits per heavy atom. The Kier molecular flexibility index (Phi) is 4.60. The molecule has 0 N–H and O–H groups in total. The molecule has 1 fully saturated rings. The largest absolute Gasteiger partial charge is 0.462 e. The van der Waals surface area contributed by atoms with Gasteiger partial charge in [-0.1, -0.05) is 42.2 Å². The van der Waals surface area contributed by atoms with Crippen molar-refractivity contribution in [2.45, 2.75) is 13.8 Å². The Balaban J connectivity index is 1.80. The van der Waals surface area contributed by atoms with E-state index in [1.807, 2.05) is 43.3 Å². The molecule has 0 aliphatic carbocycles. The van der Waals surface area contributed by atoms with Crippen molar-refractivity contribution in [1.29, 1.82) is 0 Å².